The van der Waals surface area contributed by atoms with Crippen molar-refractivity contribution >= 4 is 21.4 Å². The fourth-order valence-corrected chi connectivity index (χ4v) is 4.27. The molecule has 0 saturated carbocycles. The van der Waals surface area contributed by atoms with Gasteiger partial charge in [0.2, 0.25) is 5.91 Å². The average molecular weight is 430 g/mol. The Labute approximate surface area is 174 Å². The molecule has 0 saturated heterocycles. The summed E-state index contributed by atoms with van der Waals surface area (Å²) < 4.78 is 41.4. The van der Waals surface area contributed by atoms with Crippen molar-refractivity contribution in [2.24, 2.45) is 0 Å². The summed E-state index contributed by atoms with van der Waals surface area (Å²) in [5.41, 5.74) is 1.76. The standard InChI is InChI=1S/C21H22N2O6S/c1-14-11-19(29-23-14)15-7-8-18(28-3)20(12-15)30(25,26)10-9-21(24)22-16-5-4-6-17(13-16)27-2/h4-8,11-13H,9-10H2,1-3H3,(H,22,24). The van der Waals surface area contributed by atoms with E-state index in [4.69, 9.17) is 14.0 Å². The molecular weight excluding hydrogens is 408 g/mol. The van der Waals surface area contributed by atoms with Gasteiger partial charge in [0.05, 0.1) is 25.7 Å². The summed E-state index contributed by atoms with van der Waals surface area (Å²) >= 11 is 0. The van der Waals surface area contributed by atoms with Crippen molar-refractivity contribution in [3.05, 3.63) is 54.2 Å². The molecule has 9 heteroatoms. The monoisotopic (exact) mass is 430 g/mol. The molecule has 1 aromatic heterocycles. The Bertz CT molecular complexity index is 1150. The molecule has 0 bridgehead atoms. The van der Waals surface area contributed by atoms with E-state index < -0.39 is 15.7 Å². The Morgan fingerprint density at radius 3 is 2.57 bits per heavy atom. The first-order valence-corrected chi connectivity index (χ1v) is 10.8. The lowest BCUT2D eigenvalue weighted by atomic mass is 10.1. The lowest BCUT2D eigenvalue weighted by Crippen LogP contribution is -2.18. The van der Waals surface area contributed by atoms with Crippen LogP contribution >= 0.6 is 0 Å². The van der Waals surface area contributed by atoms with Crippen LogP contribution in [0.3, 0.4) is 0 Å². The number of nitrogens with zero attached hydrogens (tertiary/aromatic N) is 1. The summed E-state index contributed by atoms with van der Waals surface area (Å²) in [6.07, 6.45) is -0.214. The highest BCUT2D eigenvalue weighted by Crippen LogP contribution is 2.31. The third-order valence-corrected chi connectivity index (χ3v) is 6.09. The summed E-state index contributed by atoms with van der Waals surface area (Å²) in [6.45, 7) is 1.77. The molecule has 1 N–H and O–H groups in total. The fraction of sp³-hybridized carbons (Fsp3) is 0.238. The van der Waals surface area contributed by atoms with E-state index in [0.717, 1.165) is 0 Å². The van der Waals surface area contributed by atoms with Gasteiger partial charge in [-0.25, -0.2) is 8.42 Å². The molecule has 30 heavy (non-hydrogen) atoms. The molecule has 0 radical (unpaired) electrons. The smallest absolute Gasteiger partial charge is 0.225 e. The largest absolute Gasteiger partial charge is 0.497 e. The molecular formula is C21H22N2O6S. The minimum Gasteiger partial charge on any atom is -0.497 e. The van der Waals surface area contributed by atoms with Gasteiger partial charge in [0.15, 0.2) is 15.6 Å². The third kappa shape index (κ3) is 4.98. The van der Waals surface area contributed by atoms with Gasteiger partial charge < -0.3 is 19.3 Å². The average Bonchev–Trinajstić information content (AvgIpc) is 3.18. The van der Waals surface area contributed by atoms with Crippen molar-refractivity contribution in [2.45, 2.75) is 18.2 Å². The van der Waals surface area contributed by atoms with Gasteiger partial charge in [-0.15, -0.1) is 0 Å². The lowest BCUT2D eigenvalue weighted by molar-refractivity contribution is -0.115. The Balaban J connectivity index is 1.76. The number of carbonyl (C=O) groups excluding carboxylic acids is 1. The van der Waals surface area contributed by atoms with E-state index in [1.54, 1.807) is 49.4 Å². The minimum absolute atomic E-state index is 0.00858. The van der Waals surface area contributed by atoms with Crippen molar-refractivity contribution in [2.75, 3.05) is 25.3 Å². The van der Waals surface area contributed by atoms with E-state index in [9.17, 15) is 13.2 Å². The van der Waals surface area contributed by atoms with Gasteiger partial charge in [-0.3, -0.25) is 4.79 Å². The number of hydrogen-bond acceptors (Lipinski definition) is 7. The number of rotatable bonds is 8. The quantitative estimate of drug-likeness (QED) is 0.583. The van der Waals surface area contributed by atoms with Crippen molar-refractivity contribution in [1.29, 1.82) is 0 Å². The first-order valence-electron chi connectivity index (χ1n) is 9.11. The number of ether oxygens (including phenoxy) is 2. The van der Waals surface area contributed by atoms with E-state index >= 15 is 0 Å². The number of amides is 1. The molecule has 0 aliphatic heterocycles. The highest BCUT2D eigenvalue weighted by molar-refractivity contribution is 7.91. The number of hydrogen-bond donors (Lipinski definition) is 1. The van der Waals surface area contributed by atoms with Gasteiger partial charge in [-0.05, 0) is 37.3 Å². The molecule has 0 fully saturated rings. The van der Waals surface area contributed by atoms with Crippen LogP contribution in [0, 0.1) is 6.92 Å². The number of aryl methyl sites for hydroxylation is 1. The Morgan fingerprint density at radius 1 is 1.10 bits per heavy atom. The van der Waals surface area contributed by atoms with E-state index in [0.29, 0.717) is 28.5 Å². The lowest BCUT2D eigenvalue weighted by Gasteiger charge is -2.11. The van der Waals surface area contributed by atoms with Gasteiger partial charge >= 0.3 is 0 Å². The number of sulfone groups is 1. The maximum absolute atomic E-state index is 12.9. The van der Waals surface area contributed by atoms with Crippen molar-refractivity contribution in [3.63, 3.8) is 0 Å². The summed E-state index contributed by atoms with van der Waals surface area (Å²) in [7, 11) is -0.886. The Kier molecular flexibility index (Phi) is 6.41. The van der Waals surface area contributed by atoms with Gasteiger partial charge in [-0.1, -0.05) is 11.2 Å². The maximum atomic E-state index is 12.9. The van der Waals surface area contributed by atoms with Crippen LogP contribution in [-0.4, -0.2) is 39.5 Å². The SMILES string of the molecule is COc1cccc(NC(=O)CCS(=O)(=O)c2cc(-c3cc(C)no3)ccc2OC)c1. The predicted molar refractivity (Wildman–Crippen MR) is 112 cm³/mol. The molecule has 0 atom stereocenters. The molecule has 3 rings (SSSR count). The molecule has 0 aliphatic rings. The van der Waals surface area contributed by atoms with E-state index in [2.05, 4.69) is 10.5 Å². The molecule has 0 aliphatic carbocycles. The second kappa shape index (κ2) is 9.00. The Hall–Kier alpha value is -3.33. The summed E-state index contributed by atoms with van der Waals surface area (Å²) in [5.74, 6) is 0.431. The zero-order chi connectivity index (χ0) is 21.7. The van der Waals surface area contributed by atoms with Crippen LogP contribution in [0.4, 0.5) is 5.69 Å². The van der Waals surface area contributed by atoms with Crippen LogP contribution in [0.2, 0.25) is 0 Å². The normalized spacial score (nSPS) is 11.2. The number of carbonyl (C=O) groups is 1. The van der Waals surface area contributed by atoms with Gasteiger partial charge in [0.25, 0.3) is 0 Å². The second-order valence-electron chi connectivity index (χ2n) is 6.55. The number of methoxy groups -OCH3 is 2. The Morgan fingerprint density at radius 2 is 1.90 bits per heavy atom. The molecule has 1 heterocycles. The first-order chi connectivity index (χ1) is 14.3. The van der Waals surface area contributed by atoms with Crippen LogP contribution < -0.4 is 14.8 Å². The number of benzene rings is 2. The molecule has 158 valence electrons. The molecule has 1 amide bonds. The van der Waals surface area contributed by atoms with Crippen LogP contribution in [0.25, 0.3) is 11.3 Å². The minimum atomic E-state index is -3.80. The summed E-state index contributed by atoms with van der Waals surface area (Å²) in [5, 5.41) is 6.49. The maximum Gasteiger partial charge on any atom is 0.225 e. The summed E-state index contributed by atoms with van der Waals surface area (Å²) in [4.78, 5) is 12.3. The number of anilines is 1. The number of nitrogens with one attached hydrogen (secondary N) is 1. The van der Waals surface area contributed by atoms with Gasteiger partial charge in [0.1, 0.15) is 16.4 Å². The van der Waals surface area contributed by atoms with Crippen molar-refractivity contribution in [3.8, 4) is 22.8 Å². The molecule has 3 aromatic rings. The van der Waals surface area contributed by atoms with Gasteiger partial charge in [0, 0.05) is 29.8 Å². The van der Waals surface area contributed by atoms with Crippen LogP contribution in [0.5, 0.6) is 11.5 Å². The highest BCUT2D eigenvalue weighted by Gasteiger charge is 2.22. The molecule has 0 unspecified atom stereocenters. The fourth-order valence-electron chi connectivity index (χ4n) is 2.83. The predicted octanol–water partition coefficient (Wildman–Crippen LogP) is 3.47. The highest BCUT2D eigenvalue weighted by atomic mass is 32.2. The van der Waals surface area contributed by atoms with E-state index in [1.807, 2.05) is 0 Å². The summed E-state index contributed by atoms with van der Waals surface area (Å²) in [6, 6.07) is 13.2. The topological polar surface area (TPSA) is 108 Å². The molecule has 2 aromatic carbocycles. The van der Waals surface area contributed by atoms with E-state index in [1.165, 1.54) is 20.3 Å². The number of aromatic nitrogens is 1. The second-order valence-corrected chi connectivity index (χ2v) is 8.62. The zero-order valence-corrected chi connectivity index (χ0v) is 17.7. The van der Waals surface area contributed by atoms with Crippen molar-refractivity contribution in [1.82, 2.24) is 5.16 Å². The molecule has 8 nitrogen and oxygen atoms in total. The van der Waals surface area contributed by atoms with E-state index in [-0.39, 0.29) is 22.8 Å². The molecule has 0 spiro atoms. The first kappa shape index (κ1) is 21.4. The van der Waals surface area contributed by atoms with Gasteiger partial charge in [-0.2, -0.15) is 0 Å². The van der Waals surface area contributed by atoms with Crippen LogP contribution in [-0.2, 0) is 14.6 Å². The van der Waals surface area contributed by atoms with Crippen molar-refractivity contribution < 1.29 is 27.2 Å². The van der Waals surface area contributed by atoms with Crippen LogP contribution in [0.1, 0.15) is 12.1 Å². The van der Waals surface area contributed by atoms with Crippen LogP contribution in [0.15, 0.2) is 57.9 Å². The third-order valence-electron chi connectivity index (χ3n) is 4.36. The zero-order valence-electron chi connectivity index (χ0n) is 16.8.